The molecule has 4 N–H and O–H groups in total. The fourth-order valence-electron chi connectivity index (χ4n) is 2.40. The number of carboxylic acid groups (broad SMARTS) is 1. The van der Waals surface area contributed by atoms with E-state index in [0.29, 0.717) is 13.0 Å². The molecule has 6 nitrogen and oxygen atoms in total. The van der Waals surface area contributed by atoms with Crippen LogP contribution in [0, 0.1) is 0 Å². The number of hydrogen-bond donors (Lipinski definition) is 4. The minimum absolute atomic E-state index is 0.00763. The van der Waals surface area contributed by atoms with Crippen molar-refractivity contribution in [3.05, 3.63) is 29.8 Å². The molecule has 0 radical (unpaired) electrons. The number of nitrogens with one attached hydrogen (secondary N) is 2. The lowest BCUT2D eigenvalue weighted by Crippen LogP contribution is -2.44. The lowest BCUT2D eigenvalue weighted by Gasteiger charge is -2.27. The van der Waals surface area contributed by atoms with Gasteiger partial charge in [0.2, 0.25) is 5.91 Å². The average Bonchev–Trinajstić information content (AvgIpc) is 2.46. The lowest BCUT2D eigenvalue weighted by molar-refractivity contribution is -0.142. The quantitative estimate of drug-likeness (QED) is 0.630. The molecule has 20 heavy (non-hydrogen) atoms. The summed E-state index contributed by atoms with van der Waals surface area (Å²) in [6.45, 7) is 0.396. The predicted octanol–water partition coefficient (Wildman–Crippen LogP) is 0.538. The van der Waals surface area contributed by atoms with E-state index >= 15 is 0 Å². The number of carbonyl (C=O) groups excluding carboxylic acids is 1. The van der Waals surface area contributed by atoms with Crippen LogP contribution in [-0.4, -0.2) is 41.3 Å². The highest BCUT2D eigenvalue weighted by molar-refractivity contribution is 5.89. The third-order valence-corrected chi connectivity index (χ3v) is 3.43. The number of carbonyl (C=O) groups is 2. The largest absolute Gasteiger partial charge is 0.480 e. The molecule has 2 rings (SSSR count). The fraction of sp³-hybridized carbons (Fsp3) is 0.429. The highest BCUT2D eigenvalue weighted by Crippen LogP contribution is 2.31. The van der Waals surface area contributed by atoms with Gasteiger partial charge >= 0.3 is 5.97 Å². The highest BCUT2D eigenvalue weighted by Gasteiger charge is 2.29. The number of aliphatic hydroxyl groups excluding tert-OH is 1. The van der Waals surface area contributed by atoms with Crippen molar-refractivity contribution in [3.8, 4) is 0 Å². The molecule has 0 bridgehead atoms. The van der Waals surface area contributed by atoms with Gasteiger partial charge < -0.3 is 20.8 Å². The van der Waals surface area contributed by atoms with E-state index in [0.717, 1.165) is 11.3 Å². The van der Waals surface area contributed by atoms with Crippen molar-refractivity contribution in [2.45, 2.75) is 24.8 Å². The minimum atomic E-state index is -1.13. The molecule has 0 fully saturated rings. The molecule has 0 aliphatic carbocycles. The fourth-order valence-corrected chi connectivity index (χ4v) is 2.40. The number of hydrogen-bond acceptors (Lipinski definition) is 4. The Morgan fingerprint density at radius 3 is 2.85 bits per heavy atom. The zero-order valence-electron chi connectivity index (χ0n) is 11.0. The second-order valence-electron chi connectivity index (χ2n) is 4.77. The van der Waals surface area contributed by atoms with Crippen LogP contribution < -0.4 is 10.6 Å². The van der Waals surface area contributed by atoms with E-state index in [1.54, 1.807) is 0 Å². The van der Waals surface area contributed by atoms with Crippen molar-refractivity contribution >= 4 is 17.6 Å². The van der Waals surface area contributed by atoms with Crippen molar-refractivity contribution in [3.63, 3.8) is 0 Å². The lowest BCUT2D eigenvalue weighted by atomic mass is 9.90. The van der Waals surface area contributed by atoms with Crippen LogP contribution in [-0.2, 0) is 9.59 Å². The third-order valence-electron chi connectivity index (χ3n) is 3.43. The molecule has 1 aromatic carbocycles. The zero-order valence-corrected chi connectivity index (χ0v) is 11.0. The molecule has 0 spiro atoms. The number of anilines is 1. The van der Waals surface area contributed by atoms with Crippen LogP contribution in [0.15, 0.2) is 24.3 Å². The number of carboxylic acids is 1. The number of fused-ring (bicyclic) bond motifs is 1. The van der Waals surface area contributed by atoms with E-state index in [9.17, 15) is 9.59 Å². The summed E-state index contributed by atoms with van der Waals surface area (Å²) in [7, 11) is 0. The molecule has 0 saturated carbocycles. The smallest absolute Gasteiger partial charge is 0.326 e. The van der Waals surface area contributed by atoms with E-state index in [2.05, 4.69) is 10.6 Å². The Hall–Kier alpha value is -2.08. The van der Waals surface area contributed by atoms with Gasteiger partial charge in [-0.15, -0.1) is 0 Å². The molecule has 1 aliphatic heterocycles. The molecule has 6 heteroatoms. The van der Waals surface area contributed by atoms with Crippen LogP contribution >= 0.6 is 0 Å². The van der Waals surface area contributed by atoms with Gasteiger partial charge in [-0.05, 0) is 18.1 Å². The summed E-state index contributed by atoms with van der Waals surface area (Å²) in [6, 6.07) is 6.46. The first-order valence-electron chi connectivity index (χ1n) is 6.60. The summed E-state index contributed by atoms with van der Waals surface area (Å²) in [6.07, 6.45) is 0.627. The Bertz CT molecular complexity index is 504. The summed E-state index contributed by atoms with van der Waals surface area (Å²) in [5.74, 6) is -1.79. The van der Waals surface area contributed by atoms with Crippen LogP contribution in [0.1, 0.15) is 24.3 Å². The summed E-state index contributed by atoms with van der Waals surface area (Å²) in [4.78, 5) is 23.3. The van der Waals surface area contributed by atoms with Crippen molar-refractivity contribution in [2.75, 3.05) is 18.5 Å². The van der Waals surface area contributed by atoms with Crippen LogP contribution in [0.2, 0.25) is 0 Å². The first-order chi connectivity index (χ1) is 9.63. The number of amides is 1. The van der Waals surface area contributed by atoms with E-state index < -0.39 is 12.0 Å². The van der Waals surface area contributed by atoms with Gasteiger partial charge in [-0.2, -0.15) is 0 Å². The van der Waals surface area contributed by atoms with Gasteiger partial charge in [-0.1, -0.05) is 18.2 Å². The molecular formula is C14H18N2O4. The summed E-state index contributed by atoms with van der Waals surface area (Å²) in [5.41, 5.74) is 1.79. The number of aliphatic hydroxyl groups is 1. The molecule has 2 atom stereocenters. The number of rotatable bonds is 5. The first-order valence-corrected chi connectivity index (χ1v) is 6.60. The van der Waals surface area contributed by atoms with Crippen molar-refractivity contribution in [1.82, 2.24) is 5.32 Å². The maximum atomic E-state index is 12.3. The molecule has 1 unspecified atom stereocenters. The topological polar surface area (TPSA) is 98.7 Å². The first kappa shape index (κ1) is 14.3. The number of benzene rings is 1. The van der Waals surface area contributed by atoms with Gasteiger partial charge in [0.05, 0.1) is 5.92 Å². The maximum Gasteiger partial charge on any atom is 0.326 e. The monoisotopic (exact) mass is 278 g/mol. The summed E-state index contributed by atoms with van der Waals surface area (Å²) < 4.78 is 0. The van der Waals surface area contributed by atoms with Crippen LogP contribution in [0.3, 0.4) is 0 Å². The maximum absolute atomic E-state index is 12.3. The van der Waals surface area contributed by atoms with Gasteiger partial charge in [0.1, 0.15) is 6.04 Å². The van der Waals surface area contributed by atoms with Gasteiger partial charge in [-0.3, -0.25) is 4.79 Å². The van der Waals surface area contributed by atoms with Crippen molar-refractivity contribution in [2.24, 2.45) is 0 Å². The molecule has 1 amide bonds. The Labute approximate surface area is 116 Å². The molecule has 1 aromatic rings. The Balaban J connectivity index is 2.12. The van der Waals surface area contributed by atoms with E-state index in [4.69, 9.17) is 10.2 Å². The van der Waals surface area contributed by atoms with Crippen LogP contribution in [0.25, 0.3) is 0 Å². The second-order valence-corrected chi connectivity index (χ2v) is 4.77. The van der Waals surface area contributed by atoms with Gasteiger partial charge in [0, 0.05) is 25.3 Å². The summed E-state index contributed by atoms with van der Waals surface area (Å²) >= 11 is 0. The van der Waals surface area contributed by atoms with E-state index in [1.165, 1.54) is 0 Å². The highest BCUT2D eigenvalue weighted by atomic mass is 16.4. The second kappa shape index (κ2) is 6.38. The number of aliphatic carboxylic acids is 1. The molecule has 1 aliphatic rings. The van der Waals surface area contributed by atoms with Crippen LogP contribution in [0.5, 0.6) is 0 Å². The Kier molecular flexibility index (Phi) is 4.57. The SMILES string of the molecule is O=C(N[C@H](CCO)C(=O)O)C1CCNc2ccccc21. The molecule has 0 saturated heterocycles. The molecule has 1 heterocycles. The predicted molar refractivity (Wildman–Crippen MR) is 73.6 cm³/mol. The Morgan fingerprint density at radius 2 is 2.15 bits per heavy atom. The average molecular weight is 278 g/mol. The van der Waals surface area contributed by atoms with E-state index in [1.807, 2.05) is 24.3 Å². The van der Waals surface area contributed by atoms with Crippen molar-refractivity contribution in [1.29, 1.82) is 0 Å². The molecule has 108 valence electrons. The standard InChI is InChI=1S/C14H18N2O4/c17-8-6-12(14(19)20)16-13(18)10-5-7-15-11-4-2-1-3-9(10)11/h1-4,10,12,15,17H,5-8H2,(H,16,18)(H,19,20)/t10?,12-/m1/s1. The molecular weight excluding hydrogens is 260 g/mol. The minimum Gasteiger partial charge on any atom is -0.480 e. The normalized spacial score (nSPS) is 18.6. The van der Waals surface area contributed by atoms with Gasteiger partial charge in [0.25, 0.3) is 0 Å². The van der Waals surface area contributed by atoms with E-state index in [-0.39, 0.29) is 24.9 Å². The van der Waals surface area contributed by atoms with Gasteiger partial charge in [-0.25, -0.2) is 4.79 Å². The zero-order chi connectivity index (χ0) is 14.5. The van der Waals surface area contributed by atoms with Crippen LogP contribution in [0.4, 0.5) is 5.69 Å². The molecule has 0 aromatic heterocycles. The van der Waals surface area contributed by atoms with Crippen molar-refractivity contribution < 1.29 is 19.8 Å². The third kappa shape index (κ3) is 3.08. The Morgan fingerprint density at radius 1 is 1.40 bits per heavy atom. The summed E-state index contributed by atoms with van der Waals surface area (Å²) in [5, 5.41) is 23.6. The number of para-hydroxylation sites is 1. The van der Waals surface area contributed by atoms with Gasteiger partial charge in [0.15, 0.2) is 0 Å².